The Balaban J connectivity index is -0.000000295. The number of hydrogen-bond acceptors (Lipinski definition) is 8. The van der Waals surface area contributed by atoms with Crippen LogP contribution in [-0.2, 0) is 17.1 Å². The molecular weight excluding hydrogens is 332 g/mol. The van der Waals surface area contributed by atoms with Crippen LogP contribution in [0.3, 0.4) is 0 Å². The van der Waals surface area contributed by atoms with Crippen LogP contribution in [0, 0.1) is 0 Å². The molecule has 0 aliphatic carbocycles. The van der Waals surface area contributed by atoms with E-state index in [9.17, 15) is 0 Å². The molecule has 0 fully saturated rings. The third-order valence-corrected chi connectivity index (χ3v) is 2.50. The fourth-order valence-electron chi connectivity index (χ4n) is 1.52. The molecule has 0 aliphatic rings. The van der Waals surface area contributed by atoms with Crippen LogP contribution in [0.5, 0.6) is 0 Å². The van der Waals surface area contributed by atoms with Gasteiger partial charge in [-0.1, -0.05) is 0 Å². The SMILES string of the molecule is OCCN(CCO)CCO.OCCN(CCO)CCO.[Cu+]. The van der Waals surface area contributed by atoms with Crippen molar-refractivity contribution in [3.8, 4) is 0 Å². The third-order valence-electron chi connectivity index (χ3n) is 2.50. The molecular formula is C12H30CuN2O6+. The second kappa shape index (κ2) is 22.5. The molecule has 0 rings (SSSR count). The maximum Gasteiger partial charge on any atom is 1.00 e. The monoisotopic (exact) mass is 361 g/mol. The molecule has 0 spiro atoms. The van der Waals surface area contributed by atoms with Crippen molar-refractivity contribution in [2.45, 2.75) is 0 Å². The van der Waals surface area contributed by atoms with Crippen LogP contribution in [-0.4, -0.2) is 119 Å². The van der Waals surface area contributed by atoms with E-state index < -0.39 is 0 Å². The van der Waals surface area contributed by atoms with Gasteiger partial charge in [0.25, 0.3) is 0 Å². The van der Waals surface area contributed by atoms with Gasteiger partial charge in [0.1, 0.15) is 0 Å². The van der Waals surface area contributed by atoms with Crippen LogP contribution in [0.1, 0.15) is 0 Å². The molecule has 0 aromatic carbocycles. The van der Waals surface area contributed by atoms with Crippen LogP contribution in [0.4, 0.5) is 0 Å². The zero-order chi connectivity index (χ0) is 15.6. The Labute approximate surface area is 137 Å². The van der Waals surface area contributed by atoms with E-state index in [1.807, 2.05) is 0 Å². The average Bonchev–Trinajstić information content (AvgIpc) is 2.41. The topological polar surface area (TPSA) is 128 Å². The summed E-state index contributed by atoms with van der Waals surface area (Å²) in [6.45, 7) is 3.51. The second-order valence-corrected chi connectivity index (χ2v) is 4.02. The van der Waals surface area contributed by atoms with E-state index in [4.69, 9.17) is 30.6 Å². The van der Waals surface area contributed by atoms with Gasteiger partial charge in [0.05, 0.1) is 39.6 Å². The van der Waals surface area contributed by atoms with Gasteiger partial charge in [-0.2, -0.15) is 0 Å². The van der Waals surface area contributed by atoms with Crippen molar-refractivity contribution in [1.29, 1.82) is 0 Å². The number of hydrogen-bond donors (Lipinski definition) is 6. The summed E-state index contributed by atoms with van der Waals surface area (Å²) in [4.78, 5) is 3.58. The Morgan fingerprint density at radius 1 is 0.381 bits per heavy atom. The van der Waals surface area contributed by atoms with Crippen LogP contribution in [0.25, 0.3) is 0 Å². The van der Waals surface area contributed by atoms with E-state index in [1.165, 1.54) is 0 Å². The van der Waals surface area contributed by atoms with Crippen molar-refractivity contribution in [1.82, 2.24) is 9.80 Å². The van der Waals surface area contributed by atoms with E-state index in [2.05, 4.69) is 0 Å². The summed E-state index contributed by atoms with van der Waals surface area (Å²) in [6, 6.07) is 0. The number of aliphatic hydroxyl groups is 6. The molecule has 0 heterocycles. The normalized spacial score (nSPS) is 10.3. The molecule has 6 N–H and O–H groups in total. The van der Waals surface area contributed by atoms with Gasteiger partial charge in [-0.25, -0.2) is 0 Å². The fraction of sp³-hybridized carbons (Fsp3) is 1.00. The first-order valence-corrected chi connectivity index (χ1v) is 6.79. The van der Waals surface area contributed by atoms with Gasteiger partial charge in [0.2, 0.25) is 0 Å². The summed E-state index contributed by atoms with van der Waals surface area (Å²) in [7, 11) is 0. The fourth-order valence-corrected chi connectivity index (χ4v) is 1.52. The van der Waals surface area contributed by atoms with Gasteiger partial charge >= 0.3 is 17.1 Å². The summed E-state index contributed by atoms with van der Waals surface area (Å²) < 4.78 is 0. The summed E-state index contributed by atoms with van der Waals surface area (Å²) >= 11 is 0. The molecule has 0 saturated carbocycles. The minimum Gasteiger partial charge on any atom is -0.395 e. The zero-order valence-corrected chi connectivity index (χ0v) is 13.3. The van der Waals surface area contributed by atoms with Crippen molar-refractivity contribution in [2.24, 2.45) is 0 Å². The molecule has 21 heavy (non-hydrogen) atoms. The summed E-state index contributed by atoms with van der Waals surface area (Å²) in [6.07, 6.45) is 0. The summed E-state index contributed by atoms with van der Waals surface area (Å²) in [5.74, 6) is 0. The van der Waals surface area contributed by atoms with Crippen LogP contribution < -0.4 is 0 Å². The first-order valence-electron chi connectivity index (χ1n) is 6.79. The Bertz CT molecular complexity index is 135. The molecule has 134 valence electrons. The van der Waals surface area contributed by atoms with Crippen LogP contribution >= 0.6 is 0 Å². The van der Waals surface area contributed by atoms with Gasteiger partial charge in [0.15, 0.2) is 0 Å². The molecule has 0 saturated heterocycles. The van der Waals surface area contributed by atoms with Crippen molar-refractivity contribution >= 4 is 0 Å². The first-order chi connectivity index (χ1) is 9.69. The van der Waals surface area contributed by atoms with Gasteiger partial charge in [-0.15, -0.1) is 0 Å². The quantitative estimate of drug-likeness (QED) is 0.198. The average molecular weight is 362 g/mol. The Hall–Kier alpha value is 0.199. The first kappa shape index (κ1) is 26.1. The number of aliphatic hydroxyl groups excluding tert-OH is 6. The molecule has 0 aromatic heterocycles. The third kappa shape index (κ3) is 20.2. The predicted octanol–water partition coefficient (Wildman–Crippen LogP) is -3.47. The van der Waals surface area contributed by atoms with Gasteiger partial charge in [0, 0.05) is 39.3 Å². The van der Waals surface area contributed by atoms with Crippen LogP contribution in [0.15, 0.2) is 0 Å². The van der Waals surface area contributed by atoms with Gasteiger partial charge < -0.3 is 30.6 Å². The van der Waals surface area contributed by atoms with Gasteiger partial charge in [-0.05, 0) is 0 Å². The molecule has 9 heteroatoms. The molecule has 0 bridgehead atoms. The van der Waals surface area contributed by atoms with Crippen molar-refractivity contribution < 1.29 is 47.7 Å². The van der Waals surface area contributed by atoms with E-state index in [1.54, 1.807) is 9.80 Å². The predicted molar refractivity (Wildman–Crippen MR) is 75.4 cm³/mol. The number of nitrogens with zero attached hydrogens (tertiary/aromatic N) is 2. The molecule has 0 atom stereocenters. The van der Waals surface area contributed by atoms with Crippen molar-refractivity contribution in [3.63, 3.8) is 0 Å². The van der Waals surface area contributed by atoms with E-state index >= 15 is 0 Å². The van der Waals surface area contributed by atoms with Gasteiger partial charge in [-0.3, -0.25) is 9.80 Å². The maximum absolute atomic E-state index is 8.48. The largest absolute Gasteiger partial charge is 1.00 e. The van der Waals surface area contributed by atoms with E-state index in [0.717, 1.165) is 0 Å². The summed E-state index contributed by atoms with van der Waals surface area (Å²) in [5.41, 5.74) is 0. The second-order valence-electron chi connectivity index (χ2n) is 4.02. The van der Waals surface area contributed by atoms with E-state index in [-0.39, 0.29) is 56.7 Å². The Kier molecular flexibility index (Phi) is 28.0. The molecule has 0 unspecified atom stereocenters. The van der Waals surface area contributed by atoms with E-state index in [0.29, 0.717) is 39.3 Å². The minimum atomic E-state index is 0. The smallest absolute Gasteiger partial charge is 0.395 e. The minimum absolute atomic E-state index is 0. The van der Waals surface area contributed by atoms with Crippen molar-refractivity contribution in [3.05, 3.63) is 0 Å². The Morgan fingerprint density at radius 3 is 0.619 bits per heavy atom. The summed E-state index contributed by atoms with van der Waals surface area (Å²) in [5, 5.41) is 50.9. The van der Waals surface area contributed by atoms with Crippen LogP contribution in [0.2, 0.25) is 0 Å². The molecule has 0 aromatic rings. The number of rotatable bonds is 12. The standard InChI is InChI=1S/2C6H15NO3.Cu/c2*8-4-1-7(2-5-9)3-6-10;/h2*8-10H,1-6H2;/q;;+1. The zero-order valence-electron chi connectivity index (χ0n) is 12.4. The molecule has 0 radical (unpaired) electrons. The molecule has 0 amide bonds. The molecule has 0 aliphatic heterocycles. The Morgan fingerprint density at radius 2 is 0.524 bits per heavy atom. The van der Waals surface area contributed by atoms with Crippen molar-refractivity contribution in [2.75, 3.05) is 78.9 Å². The maximum atomic E-state index is 8.48. The molecule has 8 nitrogen and oxygen atoms in total.